The zero-order chi connectivity index (χ0) is 26.4. The van der Waals surface area contributed by atoms with Crippen LogP contribution in [0.25, 0.3) is 5.69 Å². The molecule has 11 heteroatoms. The Bertz CT molecular complexity index is 1480. The first kappa shape index (κ1) is 25.0. The van der Waals surface area contributed by atoms with E-state index in [0.29, 0.717) is 21.3 Å². The van der Waals surface area contributed by atoms with Gasteiger partial charge < -0.3 is 9.47 Å². The fourth-order valence-corrected chi connectivity index (χ4v) is 4.99. The van der Waals surface area contributed by atoms with Gasteiger partial charge in [-0.25, -0.2) is 9.67 Å². The molecule has 0 fully saturated rings. The summed E-state index contributed by atoms with van der Waals surface area (Å²) in [6.45, 7) is 4.00. The highest BCUT2D eigenvalue weighted by atomic mass is 35.5. The van der Waals surface area contributed by atoms with Gasteiger partial charge in [0.2, 0.25) is 5.88 Å². The molecule has 2 aromatic heterocycles. The Labute approximate surface area is 223 Å². The topological polar surface area (TPSA) is 99.4 Å². The molecule has 37 heavy (non-hydrogen) atoms. The summed E-state index contributed by atoms with van der Waals surface area (Å²) in [6.07, 6.45) is 4.80. The van der Waals surface area contributed by atoms with Crippen LogP contribution in [0, 0.1) is 0 Å². The first-order valence-corrected chi connectivity index (χ1v) is 12.3. The van der Waals surface area contributed by atoms with Gasteiger partial charge in [0.1, 0.15) is 5.69 Å². The minimum Gasteiger partial charge on any atom is -0.479 e. The van der Waals surface area contributed by atoms with Gasteiger partial charge in [-0.05, 0) is 29.7 Å². The Balaban J connectivity index is 1.77. The Hall–Kier alpha value is -3.69. The molecular formula is C26H23Cl2N5O4. The monoisotopic (exact) mass is 539 g/mol. The number of carbonyl (C=O) groups is 2. The van der Waals surface area contributed by atoms with Gasteiger partial charge in [-0.2, -0.15) is 10.1 Å². The van der Waals surface area contributed by atoms with Crippen LogP contribution in [0.2, 0.25) is 5.02 Å². The molecule has 0 unspecified atom stereocenters. The van der Waals surface area contributed by atoms with Crippen LogP contribution in [-0.4, -0.2) is 50.6 Å². The van der Waals surface area contributed by atoms with Crippen LogP contribution < -0.4 is 9.47 Å². The number of halogens is 2. The maximum absolute atomic E-state index is 14.0. The van der Waals surface area contributed by atoms with E-state index in [1.54, 1.807) is 22.9 Å². The summed E-state index contributed by atoms with van der Waals surface area (Å²) in [5.74, 6) is -0.449. The fraction of sp³-hybridized carbons (Fsp3) is 0.269. The minimum absolute atomic E-state index is 0.0786. The predicted octanol–water partition coefficient (Wildman–Crippen LogP) is 4.98. The van der Waals surface area contributed by atoms with Crippen LogP contribution in [0.5, 0.6) is 11.9 Å². The van der Waals surface area contributed by atoms with Crippen molar-refractivity contribution in [1.29, 1.82) is 0 Å². The SMILES string of the molecule is COc1ncc(-n2nc3c(c2C(C)C)[C@H](c2ccc(Cl)cc2)N(C2=CC(Cl)=CCC2=O)C3=O)c(OC)n1. The molecule has 190 valence electrons. The van der Waals surface area contributed by atoms with Crippen LogP contribution >= 0.6 is 23.2 Å². The van der Waals surface area contributed by atoms with Crippen molar-refractivity contribution in [3.05, 3.63) is 80.9 Å². The smallest absolute Gasteiger partial charge is 0.319 e. The molecule has 1 amide bonds. The Morgan fingerprint density at radius 3 is 2.46 bits per heavy atom. The third-order valence-electron chi connectivity index (χ3n) is 6.26. The summed E-state index contributed by atoms with van der Waals surface area (Å²) in [5, 5.41) is 5.68. The number of nitrogens with zero attached hydrogens (tertiary/aromatic N) is 5. The molecule has 0 saturated heterocycles. The molecule has 9 nitrogen and oxygen atoms in total. The third-order valence-corrected chi connectivity index (χ3v) is 6.78. The summed E-state index contributed by atoms with van der Waals surface area (Å²) in [7, 11) is 2.95. The van der Waals surface area contributed by atoms with Gasteiger partial charge in [0, 0.05) is 22.0 Å². The average Bonchev–Trinajstić information content (AvgIpc) is 3.40. The summed E-state index contributed by atoms with van der Waals surface area (Å²) >= 11 is 12.4. The molecular weight excluding hydrogens is 517 g/mol. The van der Waals surface area contributed by atoms with Crippen molar-refractivity contribution in [2.75, 3.05) is 14.2 Å². The van der Waals surface area contributed by atoms with Crippen LogP contribution in [0.1, 0.15) is 59.5 Å². The lowest BCUT2D eigenvalue weighted by molar-refractivity contribution is -0.116. The maximum atomic E-state index is 14.0. The number of amides is 1. The Kier molecular flexibility index (Phi) is 6.51. The molecule has 2 aliphatic rings. The second-order valence-corrected chi connectivity index (χ2v) is 9.71. The summed E-state index contributed by atoms with van der Waals surface area (Å²) in [4.78, 5) is 36.9. The molecule has 1 aromatic carbocycles. The van der Waals surface area contributed by atoms with E-state index in [1.165, 1.54) is 31.4 Å². The quantitative estimate of drug-likeness (QED) is 0.435. The molecule has 0 spiro atoms. The number of aromatic nitrogens is 4. The number of allylic oxidation sites excluding steroid dienone is 4. The van der Waals surface area contributed by atoms with E-state index in [2.05, 4.69) is 9.97 Å². The molecule has 1 atom stereocenters. The van der Waals surface area contributed by atoms with Gasteiger partial charge in [-0.15, -0.1) is 0 Å². The Morgan fingerprint density at radius 2 is 1.81 bits per heavy atom. The molecule has 3 heterocycles. The van der Waals surface area contributed by atoms with Crippen molar-refractivity contribution < 1.29 is 19.1 Å². The molecule has 0 saturated carbocycles. The molecule has 1 aliphatic heterocycles. The number of hydrogen-bond acceptors (Lipinski definition) is 7. The van der Waals surface area contributed by atoms with E-state index in [4.69, 9.17) is 37.8 Å². The predicted molar refractivity (Wildman–Crippen MR) is 137 cm³/mol. The highest BCUT2D eigenvalue weighted by Gasteiger charge is 2.47. The van der Waals surface area contributed by atoms with Crippen molar-refractivity contribution in [3.63, 3.8) is 0 Å². The fourth-order valence-electron chi connectivity index (χ4n) is 4.69. The van der Waals surface area contributed by atoms with E-state index < -0.39 is 11.9 Å². The standard InChI is InChI=1S/C26H23Cl2N5O4/c1-13(2)22-20-21(31-33(22)18-12-29-26(37-4)30-24(18)36-3)25(35)32(17-11-16(28)9-10-19(17)34)23(20)14-5-7-15(27)8-6-14/h5-9,11-13,23H,10H2,1-4H3/t23-/m0/s1. The normalized spacial score (nSPS) is 17.2. The van der Waals surface area contributed by atoms with Gasteiger partial charge in [0.15, 0.2) is 11.5 Å². The largest absolute Gasteiger partial charge is 0.479 e. The zero-order valence-electron chi connectivity index (χ0n) is 20.5. The van der Waals surface area contributed by atoms with Gasteiger partial charge in [0.25, 0.3) is 5.91 Å². The number of Topliss-reactive ketones (excluding diaryl/α,β-unsaturated/α-hetero) is 1. The number of carbonyl (C=O) groups excluding carboxylic acids is 2. The number of fused-ring (bicyclic) bond motifs is 1. The molecule has 0 N–H and O–H groups in total. The summed E-state index contributed by atoms with van der Waals surface area (Å²) in [6, 6.07) is 6.69. The van der Waals surface area contributed by atoms with E-state index in [-0.39, 0.29) is 41.4 Å². The van der Waals surface area contributed by atoms with Crippen molar-refractivity contribution in [2.24, 2.45) is 0 Å². The van der Waals surface area contributed by atoms with Gasteiger partial charge >= 0.3 is 6.01 Å². The maximum Gasteiger partial charge on any atom is 0.319 e. The number of rotatable bonds is 6. The van der Waals surface area contributed by atoms with Crippen LogP contribution in [0.4, 0.5) is 0 Å². The van der Waals surface area contributed by atoms with Crippen molar-refractivity contribution in [2.45, 2.75) is 32.2 Å². The summed E-state index contributed by atoms with van der Waals surface area (Å²) < 4.78 is 12.3. The van der Waals surface area contributed by atoms with Crippen LogP contribution in [-0.2, 0) is 4.79 Å². The number of hydrogen-bond donors (Lipinski definition) is 0. The lowest BCUT2D eigenvalue weighted by Gasteiger charge is -2.30. The molecule has 3 aromatic rings. The second-order valence-electron chi connectivity index (χ2n) is 8.84. The van der Waals surface area contributed by atoms with Crippen LogP contribution in [0.3, 0.4) is 0 Å². The highest BCUT2D eigenvalue weighted by molar-refractivity contribution is 6.32. The summed E-state index contributed by atoms with van der Waals surface area (Å²) in [5.41, 5.74) is 3.11. The van der Waals surface area contributed by atoms with E-state index in [0.717, 1.165) is 11.3 Å². The molecule has 0 bridgehead atoms. The minimum atomic E-state index is -0.631. The second kappa shape index (κ2) is 9.64. The third kappa shape index (κ3) is 4.18. The first-order chi connectivity index (χ1) is 17.7. The average molecular weight is 540 g/mol. The van der Waals surface area contributed by atoms with Gasteiger partial charge in [-0.1, -0.05) is 55.3 Å². The number of benzene rings is 1. The van der Waals surface area contributed by atoms with Crippen LogP contribution in [0.15, 0.2) is 53.3 Å². The number of ether oxygens (including phenoxy) is 2. The Morgan fingerprint density at radius 1 is 1.08 bits per heavy atom. The van der Waals surface area contributed by atoms with E-state index in [1.807, 2.05) is 26.0 Å². The molecule has 1 aliphatic carbocycles. The van der Waals surface area contributed by atoms with Gasteiger partial charge in [-0.3, -0.25) is 14.5 Å². The van der Waals surface area contributed by atoms with Gasteiger partial charge in [0.05, 0.1) is 37.8 Å². The number of ketones is 1. The first-order valence-electron chi connectivity index (χ1n) is 11.5. The van der Waals surface area contributed by atoms with E-state index in [9.17, 15) is 9.59 Å². The zero-order valence-corrected chi connectivity index (χ0v) is 22.0. The van der Waals surface area contributed by atoms with Crippen molar-refractivity contribution in [1.82, 2.24) is 24.6 Å². The molecule has 5 rings (SSSR count). The van der Waals surface area contributed by atoms with E-state index >= 15 is 0 Å². The lowest BCUT2D eigenvalue weighted by atomic mass is 9.94. The highest BCUT2D eigenvalue weighted by Crippen LogP contribution is 2.46. The van der Waals surface area contributed by atoms with Crippen molar-refractivity contribution in [3.8, 4) is 17.6 Å². The lowest BCUT2D eigenvalue weighted by Crippen LogP contribution is -2.33. The number of methoxy groups -OCH3 is 2. The van der Waals surface area contributed by atoms with Crippen molar-refractivity contribution >= 4 is 34.9 Å². The molecule has 0 radical (unpaired) electrons.